The van der Waals surface area contributed by atoms with Crippen LogP contribution in [0.1, 0.15) is 31.4 Å². The molecule has 1 N–H and O–H groups in total. The Morgan fingerprint density at radius 2 is 2.12 bits per heavy atom. The molecule has 0 aliphatic rings. The molecule has 0 saturated carbocycles. The molecule has 0 amide bonds. The van der Waals surface area contributed by atoms with E-state index in [0.717, 1.165) is 31.2 Å². The molecule has 17 heavy (non-hydrogen) atoms. The van der Waals surface area contributed by atoms with Gasteiger partial charge < -0.3 is 5.32 Å². The molecule has 1 unspecified atom stereocenters. The minimum absolute atomic E-state index is 0.0990. The molecule has 96 valence electrons. The van der Waals surface area contributed by atoms with Gasteiger partial charge in [0.1, 0.15) is 0 Å². The van der Waals surface area contributed by atoms with Gasteiger partial charge in [0.25, 0.3) is 0 Å². The molecule has 1 rings (SSSR count). The van der Waals surface area contributed by atoms with Gasteiger partial charge in [0.2, 0.25) is 0 Å². The summed E-state index contributed by atoms with van der Waals surface area (Å²) in [5.74, 6) is -0.561. The second-order valence-electron chi connectivity index (χ2n) is 3.93. The van der Waals surface area contributed by atoms with Crippen molar-refractivity contribution in [2.24, 2.45) is 0 Å². The van der Waals surface area contributed by atoms with Crippen LogP contribution in [0.4, 0.5) is 8.78 Å². The van der Waals surface area contributed by atoms with E-state index in [1.807, 2.05) is 6.26 Å². The average molecular weight is 259 g/mol. The van der Waals surface area contributed by atoms with E-state index in [1.54, 1.807) is 23.9 Å². The molecule has 0 aliphatic carbocycles. The zero-order valence-electron chi connectivity index (χ0n) is 10.3. The van der Waals surface area contributed by atoms with Crippen molar-refractivity contribution in [2.45, 2.75) is 25.8 Å². The topological polar surface area (TPSA) is 12.0 Å². The van der Waals surface area contributed by atoms with Gasteiger partial charge in [-0.15, -0.1) is 0 Å². The van der Waals surface area contributed by atoms with Crippen LogP contribution in [-0.2, 0) is 0 Å². The Morgan fingerprint density at radius 3 is 2.76 bits per heavy atom. The van der Waals surface area contributed by atoms with Gasteiger partial charge in [0.05, 0.1) is 0 Å². The summed E-state index contributed by atoms with van der Waals surface area (Å²) in [5, 5.41) is 3.27. The minimum atomic E-state index is -0.769. The van der Waals surface area contributed by atoms with Gasteiger partial charge in [0.15, 0.2) is 11.6 Å². The Labute approximate surface area is 106 Å². The molecule has 0 spiro atoms. The molecule has 0 heterocycles. The van der Waals surface area contributed by atoms with Gasteiger partial charge in [-0.25, -0.2) is 8.78 Å². The second-order valence-corrected chi connectivity index (χ2v) is 4.92. The van der Waals surface area contributed by atoms with Crippen LogP contribution in [0.25, 0.3) is 0 Å². The lowest BCUT2D eigenvalue weighted by molar-refractivity contribution is 0.456. The smallest absolute Gasteiger partial charge is 0.163 e. The molecule has 1 nitrogen and oxygen atoms in total. The largest absolute Gasteiger partial charge is 0.310 e. The maximum atomic E-state index is 13.7. The first-order chi connectivity index (χ1) is 8.20. The van der Waals surface area contributed by atoms with Crippen LogP contribution < -0.4 is 5.32 Å². The van der Waals surface area contributed by atoms with E-state index < -0.39 is 11.6 Å². The fraction of sp³-hybridized carbons (Fsp3) is 0.538. The van der Waals surface area contributed by atoms with E-state index in [2.05, 4.69) is 12.2 Å². The van der Waals surface area contributed by atoms with E-state index in [4.69, 9.17) is 0 Å². The quantitative estimate of drug-likeness (QED) is 0.800. The Morgan fingerprint density at radius 1 is 1.35 bits per heavy atom. The Bertz CT molecular complexity index is 336. The van der Waals surface area contributed by atoms with Gasteiger partial charge >= 0.3 is 0 Å². The highest BCUT2D eigenvalue weighted by Crippen LogP contribution is 2.23. The van der Waals surface area contributed by atoms with Crippen molar-refractivity contribution in [2.75, 3.05) is 18.6 Å². The van der Waals surface area contributed by atoms with Crippen LogP contribution >= 0.6 is 11.8 Å². The molecular formula is C13H19F2NS. The number of hydrogen-bond acceptors (Lipinski definition) is 2. The number of hydrogen-bond donors (Lipinski definition) is 1. The maximum absolute atomic E-state index is 13.7. The van der Waals surface area contributed by atoms with Gasteiger partial charge in [0, 0.05) is 11.6 Å². The van der Waals surface area contributed by atoms with Crippen molar-refractivity contribution in [3.8, 4) is 0 Å². The molecule has 0 saturated heterocycles. The zero-order chi connectivity index (χ0) is 12.7. The molecule has 0 aromatic heterocycles. The summed E-state index contributed by atoms with van der Waals surface area (Å²) in [6, 6.07) is 4.28. The number of nitrogens with one attached hydrogen (secondary N) is 1. The first-order valence-electron chi connectivity index (χ1n) is 5.87. The van der Waals surface area contributed by atoms with E-state index >= 15 is 0 Å². The summed E-state index contributed by atoms with van der Waals surface area (Å²) in [6.07, 6.45) is 3.80. The Balaban J connectivity index is 2.83. The molecule has 0 radical (unpaired) electrons. The summed E-state index contributed by atoms with van der Waals surface area (Å²) < 4.78 is 26.9. The van der Waals surface area contributed by atoms with Crippen LogP contribution in [0, 0.1) is 11.6 Å². The molecule has 1 aromatic carbocycles. The zero-order valence-corrected chi connectivity index (χ0v) is 11.1. The first kappa shape index (κ1) is 14.5. The number of rotatable bonds is 7. The Kier molecular flexibility index (Phi) is 6.52. The van der Waals surface area contributed by atoms with Gasteiger partial charge in [-0.05, 0) is 37.5 Å². The van der Waals surface area contributed by atoms with E-state index in [9.17, 15) is 8.78 Å². The SMILES string of the molecule is CCCNC(CCSC)c1cccc(F)c1F. The highest BCUT2D eigenvalue weighted by atomic mass is 32.2. The normalized spacial score (nSPS) is 12.7. The average Bonchev–Trinajstić information content (AvgIpc) is 2.34. The lowest BCUT2D eigenvalue weighted by atomic mass is 10.0. The van der Waals surface area contributed by atoms with Crippen molar-refractivity contribution in [1.82, 2.24) is 5.32 Å². The number of halogens is 2. The van der Waals surface area contributed by atoms with Crippen molar-refractivity contribution < 1.29 is 8.78 Å². The van der Waals surface area contributed by atoms with E-state index in [1.165, 1.54) is 0 Å². The van der Waals surface area contributed by atoms with Crippen LogP contribution in [0.15, 0.2) is 18.2 Å². The summed E-state index contributed by atoms with van der Waals surface area (Å²) in [4.78, 5) is 0. The summed E-state index contributed by atoms with van der Waals surface area (Å²) >= 11 is 1.71. The lowest BCUT2D eigenvalue weighted by Gasteiger charge is -2.19. The standard InChI is InChI=1S/C13H19F2NS/c1-3-8-16-12(7-9-17-2)10-5-4-6-11(14)13(10)15/h4-6,12,16H,3,7-9H2,1-2H3. The van der Waals surface area contributed by atoms with E-state index in [0.29, 0.717) is 5.56 Å². The second kappa shape index (κ2) is 7.67. The molecule has 0 fully saturated rings. The van der Waals surface area contributed by atoms with Crippen molar-refractivity contribution >= 4 is 11.8 Å². The van der Waals surface area contributed by atoms with Crippen molar-refractivity contribution in [3.63, 3.8) is 0 Å². The molecule has 1 aromatic rings. The first-order valence-corrected chi connectivity index (χ1v) is 7.26. The lowest BCUT2D eigenvalue weighted by Crippen LogP contribution is -2.24. The number of benzene rings is 1. The third-order valence-electron chi connectivity index (χ3n) is 2.61. The molecular weight excluding hydrogens is 240 g/mol. The van der Waals surface area contributed by atoms with Crippen LogP contribution in [-0.4, -0.2) is 18.6 Å². The summed E-state index contributed by atoms with van der Waals surface area (Å²) in [5.41, 5.74) is 0.438. The maximum Gasteiger partial charge on any atom is 0.163 e. The highest BCUT2D eigenvalue weighted by molar-refractivity contribution is 7.98. The highest BCUT2D eigenvalue weighted by Gasteiger charge is 2.17. The third-order valence-corrected chi connectivity index (χ3v) is 3.25. The van der Waals surface area contributed by atoms with Gasteiger partial charge in [-0.2, -0.15) is 11.8 Å². The van der Waals surface area contributed by atoms with Crippen LogP contribution in [0.2, 0.25) is 0 Å². The van der Waals surface area contributed by atoms with Crippen molar-refractivity contribution in [1.29, 1.82) is 0 Å². The summed E-state index contributed by atoms with van der Waals surface area (Å²) in [6.45, 7) is 2.87. The van der Waals surface area contributed by atoms with Crippen molar-refractivity contribution in [3.05, 3.63) is 35.4 Å². The molecule has 1 atom stereocenters. The third kappa shape index (κ3) is 4.28. The molecule has 0 bridgehead atoms. The predicted molar refractivity (Wildman–Crippen MR) is 70.4 cm³/mol. The fourth-order valence-corrected chi connectivity index (χ4v) is 2.18. The predicted octanol–water partition coefficient (Wildman–Crippen LogP) is 3.76. The molecule has 4 heteroatoms. The minimum Gasteiger partial charge on any atom is -0.310 e. The molecule has 0 aliphatic heterocycles. The van der Waals surface area contributed by atoms with Gasteiger partial charge in [-0.3, -0.25) is 0 Å². The van der Waals surface area contributed by atoms with Crippen LogP contribution in [0.3, 0.4) is 0 Å². The summed E-state index contributed by atoms with van der Waals surface area (Å²) in [7, 11) is 0. The number of thioether (sulfide) groups is 1. The van der Waals surface area contributed by atoms with Crippen LogP contribution in [0.5, 0.6) is 0 Å². The van der Waals surface area contributed by atoms with E-state index in [-0.39, 0.29) is 6.04 Å². The fourth-order valence-electron chi connectivity index (χ4n) is 1.71. The monoisotopic (exact) mass is 259 g/mol. The Hall–Kier alpha value is -0.610. The van der Waals surface area contributed by atoms with Gasteiger partial charge in [-0.1, -0.05) is 19.1 Å².